The van der Waals surface area contributed by atoms with E-state index in [1.54, 1.807) is 0 Å². The molecule has 14 heteroatoms. The van der Waals surface area contributed by atoms with Crippen molar-refractivity contribution in [1.29, 1.82) is 0 Å². The molecular weight excluding hydrogens is 484 g/mol. The predicted molar refractivity (Wildman–Crippen MR) is 90.9 cm³/mol. The lowest BCUT2D eigenvalue weighted by Gasteiger charge is -2.15. The number of alkyl halides is 6. The Hall–Kier alpha value is -2.09. The summed E-state index contributed by atoms with van der Waals surface area (Å²) in [4.78, 5) is 22.1. The number of rotatable bonds is 4. The van der Waals surface area contributed by atoms with Gasteiger partial charge in [-0.3, -0.25) is 9.59 Å². The Morgan fingerprint density at radius 2 is 1.82 bits per heavy atom. The number of thioether (sulfide) groups is 1. The second-order valence-electron chi connectivity index (χ2n) is 5.26. The molecule has 1 fully saturated rings. The zero-order valence-electron chi connectivity index (χ0n) is 13.2. The lowest BCUT2D eigenvalue weighted by atomic mass is 10.0. The molecule has 28 heavy (non-hydrogen) atoms. The summed E-state index contributed by atoms with van der Waals surface area (Å²) in [6.45, 7) is 0. The van der Waals surface area contributed by atoms with Gasteiger partial charge in [-0.2, -0.15) is 31.4 Å². The van der Waals surface area contributed by atoms with Gasteiger partial charge < -0.3 is 10.4 Å². The molecule has 1 unspecified atom stereocenters. The number of benzene rings is 1. The highest BCUT2D eigenvalue weighted by molar-refractivity contribution is 9.10. The van der Waals surface area contributed by atoms with Gasteiger partial charge in [0.2, 0.25) is 5.91 Å². The summed E-state index contributed by atoms with van der Waals surface area (Å²) in [6.07, 6.45) is -9.91. The van der Waals surface area contributed by atoms with Crippen LogP contribution in [0.3, 0.4) is 0 Å². The Balaban J connectivity index is 2.34. The van der Waals surface area contributed by atoms with E-state index in [1.807, 2.05) is 0 Å². The molecule has 0 radical (unpaired) electrons. The van der Waals surface area contributed by atoms with Crippen LogP contribution in [0.1, 0.15) is 23.1 Å². The first-order valence-electron chi connectivity index (χ1n) is 7.07. The van der Waals surface area contributed by atoms with Gasteiger partial charge in [-0.1, -0.05) is 27.7 Å². The van der Waals surface area contributed by atoms with Crippen LogP contribution in [-0.4, -0.2) is 33.6 Å². The summed E-state index contributed by atoms with van der Waals surface area (Å²) < 4.78 is 77.3. The molecule has 1 saturated heterocycles. The van der Waals surface area contributed by atoms with Crippen LogP contribution in [0.5, 0.6) is 0 Å². The van der Waals surface area contributed by atoms with Gasteiger partial charge in [0.05, 0.1) is 23.8 Å². The molecule has 1 amide bonds. The number of carbonyl (C=O) groups is 2. The number of aliphatic carboxylic acids is 1. The van der Waals surface area contributed by atoms with E-state index in [4.69, 9.17) is 5.11 Å². The molecule has 1 aromatic rings. The highest BCUT2D eigenvalue weighted by Gasteiger charge is 2.39. The molecular formula is C14H8BrF6N3O3S. The normalized spacial score (nSPS) is 19.5. The smallest absolute Gasteiger partial charge is 0.417 e. The van der Waals surface area contributed by atoms with Crippen molar-refractivity contribution in [3.63, 3.8) is 0 Å². The molecule has 1 aromatic carbocycles. The minimum absolute atomic E-state index is 0.186. The second-order valence-corrected chi connectivity index (χ2v) is 7.30. The molecule has 0 aromatic heterocycles. The highest BCUT2D eigenvalue weighted by atomic mass is 79.9. The standard InChI is InChI=1S/C14H8BrF6N3O3S/c15-8-2-6(13(16,17)18)5(1-7(8)14(19,20)21)4-22-24-12-23-11(27)9(28-12)3-10(25)26/h1-2,4,9H,3H2,(H,25,26)(H,23,24,27). The first-order valence-corrected chi connectivity index (χ1v) is 8.74. The van der Waals surface area contributed by atoms with Gasteiger partial charge in [0.15, 0.2) is 5.17 Å². The minimum atomic E-state index is -4.95. The van der Waals surface area contributed by atoms with Crippen molar-refractivity contribution in [2.75, 3.05) is 0 Å². The van der Waals surface area contributed by atoms with Gasteiger partial charge in [0, 0.05) is 10.0 Å². The first kappa shape index (κ1) is 22.2. The topological polar surface area (TPSA) is 91.1 Å². The van der Waals surface area contributed by atoms with Crippen molar-refractivity contribution in [2.24, 2.45) is 10.2 Å². The number of amides is 1. The fourth-order valence-corrected chi connectivity index (χ4v) is 3.53. The second kappa shape index (κ2) is 8.11. The molecule has 152 valence electrons. The lowest BCUT2D eigenvalue weighted by molar-refractivity contribution is -0.141. The highest BCUT2D eigenvalue weighted by Crippen LogP contribution is 2.40. The number of carboxylic acid groups (broad SMARTS) is 1. The third-order valence-electron chi connectivity index (χ3n) is 3.23. The zero-order chi connectivity index (χ0) is 21.3. The van der Waals surface area contributed by atoms with Crippen molar-refractivity contribution >= 4 is 51.0 Å². The van der Waals surface area contributed by atoms with Crippen molar-refractivity contribution in [3.8, 4) is 0 Å². The minimum Gasteiger partial charge on any atom is -0.481 e. The number of carboxylic acids is 1. The zero-order valence-corrected chi connectivity index (χ0v) is 15.6. The van der Waals surface area contributed by atoms with E-state index < -0.39 is 57.1 Å². The van der Waals surface area contributed by atoms with Gasteiger partial charge in [0.1, 0.15) is 5.25 Å². The van der Waals surface area contributed by atoms with Crippen LogP contribution in [-0.2, 0) is 21.9 Å². The Bertz CT molecular complexity index is 869. The summed E-state index contributed by atoms with van der Waals surface area (Å²) in [6, 6.07) is 0.552. The molecule has 1 atom stereocenters. The van der Waals surface area contributed by atoms with E-state index in [1.165, 1.54) is 0 Å². The molecule has 2 N–H and O–H groups in total. The van der Waals surface area contributed by atoms with E-state index in [0.717, 1.165) is 0 Å². The lowest BCUT2D eigenvalue weighted by Crippen LogP contribution is -2.26. The number of nitrogens with one attached hydrogen (secondary N) is 1. The van der Waals surface area contributed by atoms with Crippen molar-refractivity contribution in [3.05, 3.63) is 33.3 Å². The number of amidine groups is 1. The van der Waals surface area contributed by atoms with Gasteiger partial charge in [-0.15, -0.1) is 5.10 Å². The van der Waals surface area contributed by atoms with E-state index in [2.05, 4.69) is 31.4 Å². The molecule has 0 aliphatic carbocycles. The van der Waals surface area contributed by atoms with Crippen molar-refractivity contribution in [1.82, 2.24) is 5.32 Å². The number of hydrogen-bond donors (Lipinski definition) is 2. The monoisotopic (exact) mass is 491 g/mol. The van der Waals surface area contributed by atoms with Crippen LogP contribution < -0.4 is 5.32 Å². The van der Waals surface area contributed by atoms with Crippen LogP contribution in [0, 0.1) is 0 Å². The maximum atomic E-state index is 13.1. The molecule has 1 heterocycles. The third-order valence-corrected chi connectivity index (χ3v) is 4.96. The van der Waals surface area contributed by atoms with Crippen LogP contribution in [0.15, 0.2) is 26.8 Å². The fourth-order valence-electron chi connectivity index (χ4n) is 2.05. The van der Waals surface area contributed by atoms with Gasteiger partial charge in [0.25, 0.3) is 0 Å². The van der Waals surface area contributed by atoms with Crippen LogP contribution in [0.25, 0.3) is 0 Å². The van der Waals surface area contributed by atoms with E-state index in [0.29, 0.717) is 18.0 Å². The maximum Gasteiger partial charge on any atom is 0.417 e. The molecule has 1 aliphatic heterocycles. The SMILES string of the molecule is O=C(O)CC1SC(=NN=Cc2cc(C(F)(F)F)c(Br)cc2C(F)(F)F)NC1=O. The maximum absolute atomic E-state index is 13.1. The van der Waals surface area contributed by atoms with E-state index >= 15 is 0 Å². The molecule has 2 rings (SSSR count). The Labute approximate surface area is 165 Å². The van der Waals surface area contributed by atoms with Crippen LogP contribution in [0.4, 0.5) is 26.3 Å². The predicted octanol–water partition coefficient (Wildman–Crippen LogP) is 3.88. The quantitative estimate of drug-likeness (QED) is 0.379. The fraction of sp³-hybridized carbons (Fsp3) is 0.286. The van der Waals surface area contributed by atoms with Crippen LogP contribution >= 0.6 is 27.7 Å². The van der Waals surface area contributed by atoms with Gasteiger partial charge in [-0.25, -0.2) is 0 Å². The third kappa shape index (κ3) is 5.47. The Morgan fingerprint density at radius 3 is 2.36 bits per heavy atom. The van der Waals surface area contributed by atoms with Gasteiger partial charge in [-0.05, 0) is 12.1 Å². The summed E-state index contributed by atoms with van der Waals surface area (Å²) in [5.74, 6) is -1.93. The Kier molecular flexibility index (Phi) is 6.43. The molecule has 0 spiro atoms. The number of halogens is 7. The van der Waals surface area contributed by atoms with Gasteiger partial charge >= 0.3 is 18.3 Å². The van der Waals surface area contributed by atoms with Crippen molar-refractivity contribution in [2.45, 2.75) is 24.0 Å². The first-order chi connectivity index (χ1) is 12.8. The summed E-state index contributed by atoms with van der Waals surface area (Å²) in [5, 5.41) is 16.4. The summed E-state index contributed by atoms with van der Waals surface area (Å²) in [7, 11) is 0. The molecule has 1 aliphatic rings. The van der Waals surface area contributed by atoms with Crippen molar-refractivity contribution < 1.29 is 41.0 Å². The largest absolute Gasteiger partial charge is 0.481 e. The number of hydrogen-bond acceptors (Lipinski definition) is 5. The average molecular weight is 492 g/mol. The number of carbonyl (C=O) groups excluding carboxylic acids is 1. The molecule has 0 bridgehead atoms. The van der Waals surface area contributed by atoms with E-state index in [-0.39, 0.29) is 17.3 Å². The molecule has 6 nitrogen and oxygen atoms in total. The average Bonchev–Trinajstić information content (AvgIpc) is 2.85. The van der Waals surface area contributed by atoms with Crippen LogP contribution in [0.2, 0.25) is 0 Å². The summed E-state index contributed by atoms with van der Waals surface area (Å²) >= 11 is 3.16. The molecule has 0 saturated carbocycles. The number of nitrogens with zero attached hydrogens (tertiary/aromatic N) is 2. The van der Waals surface area contributed by atoms with E-state index in [9.17, 15) is 35.9 Å². The summed E-state index contributed by atoms with van der Waals surface area (Å²) in [5.41, 5.74) is -3.59. The Morgan fingerprint density at radius 1 is 1.21 bits per heavy atom.